The van der Waals surface area contributed by atoms with Crippen molar-refractivity contribution >= 4 is 40.5 Å². The van der Waals surface area contributed by atoms with Crippen LogP contribution in [-0.4, -0.2) is 10.8 Å². The molecule has 0 saturated carbocycles. The minimum Gasteiger partial charge on any atom is -0.372 e. The molecule has 112 valence electrons. The molecule has 0 aliphatic carbocycles. The van der Waals surface area contributed by atoms with Crippen LogP contribution in [0.15, 0.2) is 36.4 Å². The third-order valence-corrected chi connectivity index (χ3v) is 3.89. The number of anilines is 1. The van der Waals surface area contributed by atoms with E-state index in [1.165, 1.54) is 24.3 Å². The lowest BCUT2D eigenvalue weighted by Crippen LogP contribution is -2.39. The Morgan fingerprint density at radius 2 is 1.91 bits per heavy atom. The van der Waals surface area contributed by atoms with Crippen molar-refractivity contribution in [3.8, 4) is 5.75 Å². The fourth-order valence-corrected chi connectivity index (χ4v) is 2.39. The van der Waals surface area contributed by atoms with Gasteiger partial charge in [-0.25, -0.2) is 0 Å². The third-order valence-electron chi connectivity index (χ3n) is 3.15. The predicted molar refractivity (Wildman–Crippen MR) is 81.4 cm³/mol. The number of nitro groups is 1. The van der Waals surface area contributed by atoms with E-state index in [2.05, 4.69) is 0 Å². The summed E-state index contributed by atoms with van der Waals surface area (Å²) in [4.78, 5) is 28.0. The maximum atomic E-state index is 12.2. The second-order valence-corrected chi connectivity index (χ2v) is 5.42. The van der Waals surface area contributed by atoms with Crippen LogP contribution in [0.25, 0.3) is 0 Å². The highest BCUT2D eigenvalue weighted by atomic mass is 35.5. The number of halogens is 2. The molecule has 0 atom stereocenters. The molecule has 1 aliphatic rings. The average Bonchev–Trinajstić information content (AvgIpc) is 2.48. The van der Waals surface area contributed by atoms with Crippen molar-refractivity contribution in [3.05, 3.63) is 62.1 Å². The first-order valence-corrected chi connectivity index (χ1v) is 6.94. The van der Waals surface area contributed by atoms with E-state index in [1.807, 2.05) is 0 Å². The molecule has 6 nitrogen and oxygen atoms in total. The molecular weight excluding hydrogens is 331 g/mol. The van der Waals surface area contributed by atoms with Gasteiger partial charge in [-0.1, -0.05) is 23.2 Å². The van der Waals surface area contributed by atoms with Crippen molar-refractivity contribution in [1.29, 1.82) is 0 Å². The quantitative estimate of drug-likeness (QED) is 0.616. The smallest absolute Gasteiger partial charge is 0.269 e. The second kappa shape index (κ2) is 5.47. The summed E-state index contributed by atoms with van der Waals surface area (Å²) in [6.07, 6.45) is -0.00272. The number of carbonyl (C=O) groups is 1. The van der Waals surface area contributed by atoms with Gasteiger partial charge in [0.15, 0.2) is 5.75 Å². The van der Waals surface area contributed by atoms with E-state index in [1.54, 1.807) is 12.1 Å². The van der Waals surface area contributed by atoms with Gasteiger partial charge in [0.05, 0.1) is 27.1 Å². The molecule has 0 N–H and O–H groups in total. The molecule has 0 spiro atoms. The Morgan fingerprint density at radius 1 is 1.14 bits per heavy atom. The summed E-state index contributed by atoms with van der Waals surface area (Å²) >= 11 is 11.8. The molecular formula is C14H8Cl2N2O4. The lowest BCUT2D eigenvalue weighted by molar-refractivity contribution is -0.384. The first-order valence-electron chi connectivity index (χ1n) is 6.19. The van der Waals surface area contributed by atoms with Gasteiger partial charge in [-0.15, -0.1) is 5.06 Å². The topological polar surface area (TPSA) is 72.7 Å². The maximum absolute atomic E-state index is 12.2. The Balaban J connectivity index is 1.96. The number of nitro benzene ring substituents is 1. The molecule has 22 heavy (non-hydrogen) atoms. The summed E-state index contributed by atoms with van der Waals surface area (Å²) in [5, 5.41) is 12.5. The summed E-state index contributed by atoms with van der Waals surface area (Å²) in [5.41, 5.74) is 0.817. The molecule has 0 aromatic heterocycles. The van der Waals surface area contributed by atoms with Crippen molar-refractivity contribution in [1.82, 2.24) is 0 Å². The van der Waals surface area contributed by atoms with Gasteiger partial charge in [-0.05, 0) is 24.3 Å². The minimum atomic E-state index is -0.518. The molecule has 0 saturated heterocycles. The fourth-order valence-electron chi connectivity index (χ4n) is 2.10. The number of amides is 1. The number of nitrogens with zero attached hydrogens (tertiary/aromatic N) is 2. The Kier molecular flexibility index (Phi) is 3.64. The molecule has 0 bridgehead atoms. The Hall–Kier alpha value is -2.31. The van der Waals surface area contributed by atoms with E-state index in [0.717, 1.165) is 5.06 Å². The van der Waals surface area contributed by atoms with Crippen LogP contribution in [0.4, 0.5) is 11.4 Å². The number of non-ortho nitro benzene ring substituents is 1. The summed E-state index contributed by atoms with van der Waals surface area (Å²) in [7, 11) is 0. The van der Waals surface area contributed by atoms with E-state index < -0.39 is 4.92 Å². The van der Waals surface area contributed by atoms with Gasteiger partial charge in [0.25, 0.3) is 11.6 Å². The third kappa shape index (κ3) is 2.58. The van der Waals surface area contributed by atoms with Crippen LogP contribution >= 0.6 is 23.2 Å². The summed E-state index contributed by atoms with van der Waals surface area (Å²) in [5.74, 6) is 0.0302. The number of hydrogen-bond acceptors (Lipinski definition) is 4. The molecule has 0 radical (unpaired) electrons. The van der Waals surface area contributed by atoms with Gasteiger partial charge in [0.2, 0.25) is 0 Å². The molecule has 8 heteroatoms. The highest BCUT2D eigenvalue weighted by Crippen LogP contribution is 2.33. The van der Waals surface area contributed by atoms with Crippen LogP contribution in [0.3, 0.4) is 0 Å². The number of benzene rings is 2. The molecule has 0 unspecified atom stereocenters. The normalized spacial score (nSPS) is 13.5. The largest absolute Gasteiger partial charge is 0.372 e. The van der Waals surface area contributed by atoms with E-state index in [9.17, 15) is 14.9 Å². The molecule has 0 fully saturated rings. The zero-order valence-electron chi connectivity index (χ0n) is 11.0. The van der Waals surface area contributed by atoms with Crippen LogP contribution in [0.1, 0.15) is 5.56 Å². The number of carbonyl (C=O) groups excluding carboxylic acids is 1. The minimum absolute atomic E-state index is 0.00272. The summed E-state index contributed by atoms with van der Waals surface area (Å²) in [6, 6.07) is 8.79. The van der Waals surface area contributed by atoms with E-state index in [-0.39, 0.29) is 18.0 Å². The van der Waals surface area contributed by atoms with Gasteiger partial charge in [-0.2, -0.15) is 0 Å². The number of hydrogen-bond donors (Lipinski definition) is 0. The molecule has 1 aliphatic heterocycles. The lowest BCUT2D eigenvalue weighted by Gasteiger charge is -2.28. The summed E-state index contributed by atoms with van der Waals surface area (Å²) in [6.45, 7) is 0. The van der Waals surface area contributed by atoms with E-state index in [4.69, 9.17) is 28.0 Å². The lowest BCUT2D eigenvalue weighted by atomic mass is 10.1. The Bertz CT molecular complexity index is 794. The molecule has 3 rings (SSSR count). The maximum Gasteiger partial charge on any atom is 0.269 e. The molecule has 1 amide bonds. The summed E-state index contributed by atoms with van der Waals surface area (Å²) < 4.78 is 0. The van der Waals surface area contributed by atoms with Gasteiger partial charge < -0.3 is 4.84 Å². The predicted octanol–water partition coefficient (Wildman–Crippen LogP) is 3.78. The van der Waals surface area contributed by atoms with Crippen LogP contribution in [0, 0.1) is 10.1 Å². The zero-order chi connectivity index (χ0) is 15.9. The SMILES string of the molecule is O=C1Cc2cc([N+](=O)[O-])ccc2ON1c1ccc(Cl)c(Cl)c1. The highest BCUT2D eigenvalue weighted by Gasteiger charge is 2.28. The van der Waals surface area contributed by atoms with E-state index in [0.29, 0.717) is 27.0 Å². The highest BCUT2D eigenvalue weighted by molar-refractivity contribution is 6.42. The Labute approximate surface area is 134 Å². The average molecular weight is 339 g/mol. The molecule has 1 heterocycles. The van der Waals surface area contributed by atoms with Gasteiger partial charge in [0.1, 0.15) is 0 Å². The van der Waals surface area contributed by atoms with Crippen molar-refractivity contribution in [2.24, 2.45) is 0 Å². The number of fused-ring (bicyclic) bond motifs is 1. The van der Waals surface area contributed by atoms with Gasteiger partial charge in [0, 0.05) is 17.7 Å². The number of hydroxylamine groups is 1. The monoisotopic (exact) mass is 338 g/mol. The van der Waals surface area contributed by atoms with Crippen molar-refractivity contribution in [3.63, 3.8) is 0 Å². The van der Waals surface area contributed by atoms with Crippen LogP contribution in [0.2, 0.25) is 10.0 Å². The van der Waals surface area contributed by atoms with Crippen molar-refractivity contribution in [2.45, 2.75) is 6.42 Å². The first kappa shape index (κ1) is 14.6. The standard InChI is InChI=1S/C14H8Cl2N2O4/c15-11-3-1-9(7-12(11)16)17-14(19)6-8-5-10(18(20)21)2-4-13(8)22-17/h1-5,7H,6H2. The van der Waals surface area contributed by atoms with Crippen LogP contribution in [-0.2, 0) is 11.2 Å². The first-order chi connectivity index (χ1) is 10.5. The zero-order valence-corrected chi connectivity index (χ0v) is 12.5. The van der Waals surface area contributed by atoms with E-state index >= 15 is 0 Å². The molecule has 2 aromatic carbocycles. The molecule has 2 aromatic rings. The van der Waals surface area contributed by atoms with Gasteiger partial charge in [-0.3, -0.25) is 14.9 Å². The van der Waals surface area contributed by atoms with Crippen LogP contribution < -0.4 is 9.90 Å². The number of rotatable bonds is 2. The van der Waals surface area contributed by atoms with Crippen molar-refractivity contribution in [2.75, 3.05) is 5.06 Å². The Morgan fingerprint density at radius 3 is 2.59 bits per heavy atom. The fraction of sp³-hybridized carbons (Fsp3) is 0.0714. The van der Waals surface area contributed by atoms with Gasteiger partial charge >= 0.3 is 0 Å². The second-order valence-electron chi connectivity index (χ2n) is 4.60. The van der Waals surface area contributed by atoms with Crippen molar-refractivity contribution < 1.29 is 14.6 Å². The van der Waals surface area contributed by atoms with Crippen LogP contribution in [0.5, 0.6) is 5.75 Å².